The van der Waals surface area contributed by atoms with Crippen LogP contribution >= 0.6 is 11.6 Å². The molecular formula is C10H7ClO. The van der Waals surface area contributed by atoms with E-state index in [1.54, 1.807) is 12.1 Å². The number of phenols is 1. The molecule has 0 fully saturated rings. The normalized spacial score (nSPS) is 10.4. The second kappa shape index (κ2) is 2.68. The van der Waals surface area contributed by atoms with Crippen molar-refractivity contribution in [2.45, 2.75) is 0 Å². The minimum absolute atomic E-state index is 0.273. The van der Waals surface area contributed by atoms with Crippen LogP contribution < -0.4 is 0 Å². The van der Waals surface area contributed by atoms with E-state index < -0.39 is 0 Å². The Kier molecular flexibility index (Phi) is 1.66. The second-order valence-corrected chi connectivity index (χ2v) is 3.08. The van der Waals surface area contributed by atoms with Crippen LogP contribution in [-0.2, 0) is 0 Å². The van der Waals surface area contributed by atoms with Crippen molar-refractivity contribution in [3.63, 3.8) is 0 Å². The summed E-state index contributed by atoms with van der Waals surface area (Å²) in [5, 5.41) is 11.9. The molecule has 0 saturated heterocycles. The fourth-order valence-corrected chi connectivity index (χ4v) is 1.40. The Morgan fingerprint density at radius 3 is 2.75 bits per heavy atom. The number of phenolic OH excluding ortho intramolecular Hbond substituents is 1. The third-order valence-corrected chi connectivity index (χ3v) is 2.06. The number of hydrogen-bond donors (Lipinski definition) is 1. The molecule has 0 aromatic heterocycles. The molecule has 0 unspecified atom stereocenters. The first-order valence-corrected chi connectivity index (χ1v) is 4.02. The summed E-state index contributed by atoms with van der Waals surface area (Å²) in [7, 11) is 0. The second-order valence-electron chi connectivity index (χ2n) is 2.64. The van der Waals surface area contributed by atoms with Crippen molar-refractivity contribution < 1.29 is 5.11 Å². The fraction of sp³-hybridized carbons (Fsp3) is 0. The quantitative estimate of drug-likeness (QED) is 0.657. The Hall–Kier alpha value is -1.21. The zero-order valence-corrected chi connectivity index (χ0v) is 7.05. The lowest BCUT2D eigenvalue weighted by molar-refractivity contribution is 0.481. The molecule has 0 spiro atoms. The molecule has 0 saturated carbocycles. The first kappa shape index (κ1) is 7.44. The van der Waals surface area contributed by atoms with Gasteiger partial charge in [0.25, 0.3) is 0 Å². The first-order chi connectivity index (χ1) is 5.77. The molecule has 1 N–H and O–H groups in total. The third-order valence-electron chi connectivity index (χ3n) is 1.82. The highest BCUT2D eigenvalue weighted by Crippen LogP contribution is 2.26. The van der Waals surface area contributed by atoms with Crippen LogP contribution in [0.2, 0.25) is 5.02 Å². The van der Waals surface area contributed by atoms with Gasteiger partial charge in [-0.15, -0.1) is 0 Å². The maximum Gasteiger partial charge on any atom is 0.123 e. The van der Waals surface area contributed by atoms with Gasteiger partial charge in [-0.25, -0.2) is 0 Å². The van der Waals surface area contributed by atoms with Gasteiger partial charge in [0.1, 0.15) is 5.75 Å². The molecule has 0 amide bonds. The van der Waals surface area contributed by atoms with Crippen LogP contribution in [0.15, 0.2) is 36.4 Å². The third kappa shape index (κ3) is 1.12. The van der Waals surface area contributed by atoms with Gasteiger partial charge in [0.2, 0.25) is 0 Å². The highest BCUT2D eigenvalue weighted by Gasteiger charge is 1.98. The molecule has 0 radical (unpaired) electrons. The number of fused-ring (bicyclic) bond motifs is 1. The fourth-order valence-electron chi connectivity index (χ4n) is 1.23. The molecule has 0 heterocycles. The van der Waals surface area contributed by atoms with E-state index in [9.17, 15) is 5.11 Å². The van der Waals surface area contributed by atoms with Crippen LogP contribution in [0.5, 0.6) is 5.75 Å². The van der Waals surface area contributed by atoms with Crippen molar-refractivity contribution in [2.24, 2.45) is 0 Å². The number of aromatic hydroxyl groups is 1. The Balaban J connectivity index is 2.88. The first-order valence-electron chi connectivity index (χ1n) is 3.64. The number of halogens is 1. The molecule has 0 atom stereocenters. The van der Waals surface area contributed by atoms with Crippen molar-refractivity contribution in [1.29, 1.82) is 0 Å². The molecule has 0 aliphatic rings. The van der Waals surface area contributed by atoms with E-state index in [1.807, 2.05) is 24.3 Å². The van der Waals surface area contributed by atoms with Gasteiger partial charge >= 0.3 is 0 Å². The molecule has 0 bridgehead atoms. The van der Waals surface area contributed by atoms with Gasteiger partial charge < -0.3 is 5.11 Å². The minimum atomic E-state index is 0.273. The summed E-state index contributed by atoms with van der Waals surface area (Å²) >= 11 is 5.78. The summed E-state index contributed by atoms with van der Waals surface area (Å²) in [6, 6.07) is 10.8. The van der Waals surface area contributed by atoms with Gasteiger partial charge in [-0.3, -0.25) is 0 Å². The molecule has 60 valence electrons. The monoisotopic (exact) mass is 178 g/mol. The van der Waals surface area contributed by atoms with Crippen LogP contribution in [0.1, 0.15) is 0 Å². The maximum atomic E-state index is 9.44. The minimum Gasteiger partial charge on any atom is -0.507 e. The maximum absolute atomic E-state index is 9.44. The molecule has 2 aromatic rings. The summed E-state index contributed by atoms with van der Waals surface area (Å²) in [6.45, 7) is 0. The Bertz CT molecular complexity index is 423. The lowest BCUT2D eigenvalue weighted by Gasteiger charge is -1.99. The van der Waals surface area contributed by atoms with Crippen LogP contribution in [0, 0.1) is 0 Å². The molecular weight excluding hydrogens is 172 g/mol. The molecule has 2 aromatic carbocycles. The molecule has 0 aliphatic carbocycles. The largest absolute Gasteiger partial charge is 0.507 e. The molecule has 2 rings (SSSR count). The van der Waals surface area contributed by atoms with Gasteiger partial charge in [-0.05, 0) is 23.6 Å². The van der Waals surface area contributed by atoms with E-state index in [2.05, 4.69) is 0 Å². The SMILES string of the molecule is Oc1cccc2ccc(Cl)cc12. The Labute approximate surface area is 75.2 Å². The highest BCUT2D eigenvalue weighted by atomic mass is 35.5. The van der Waals surface area contributed by atoms with E-state index in [0.29, 0.717) is 5.02 Å². The van der Waals surface area contributed by atoms with Crippen molar-refractivity contribution in [3.05, 3.63) is 41.4 Å². The molecule has 2 heteroatoms. The van der Waals surface area contributed by atoms with Crippen LogP contribution in [0.3, 0.4) is 0 Å². The van der Waals surface area contributed by atoms with Crippen molar-refractivity contribution >= 4 is 22.4 Å². The zero-order chi connectivity index (χ0) is 8.55. The summed E-state index contributed by atoms with van der Waals surface area (Å²) < 4.78 is 0. The van der Waals surface area contributed by atoms with E-state index in [1.165, 1.54) is 0 Å². The van der Waals surface area contributed by atoms with Gasteiger partial charge in [0.15, 0.2) is 0 Å². The van der Waals surface area contributed by atoms with Crippen molar-refractivity contribution in [3.8, 4) is 5.75 Å². The van der Waals surface area contributed by atoms with E-state index in [4.69, 9.17) is 11.6 Å². The lowest BCUT2D eigenvalue weighted by atomic mass is 10.1. The highest BCUT2D eigenvalue weighted by molar-refractivity contribution is 6.31. The standard InChI is InChI=1S/C10H7ClO/c11-8-5-4-7-2-1-3-10(12)9(7)6-8/h1-6,12H. The van der Waals surface area contributed by atoms with E-state index in [-0.39, 0.29) is 5.75 Å². The molecule has 12 heavy (non-hydrogen) atoms. The van der Waals surface area contributed by atoms with E-state index >= 15 is 0 Å². The molecule has 1 nitrogen and oxygen atoms in total. The molecule has 0 aliphatic heterocycles. The van der Waals surface area contributed by atoms with Gasteiger partial charge in [0.05, 0.1) is 0 Å². The van der Waals surface area contributed by atoms with Gasteiger partial charge in [-0.2, -0.15) is 0 Å². The predicted octanol–water partition coefficient (Wildman–Crippen LogP) is 3.20. The van der Waals surface area contributed by atoms with Crippen LogP contribution in [0.4, 0.5) is 0 Å². The summed E-state index contributed by atoms with van der Waals surface area (Å²) in [4.78, 5) is 0. The smallest absolute Gasteiger partial charge is 0.123 e. The number of hydrogen-bond acceptors (Lipinski definition) is 1. The predicted molar refractivity (Wildman–Crippen MR) is 50.6 cm³/mol. The van der Waals surface area contributed by atoms with Gasteiger partial charge in [-0.1, -0.05) is 29.8 Å². The van der Waals surface area contributed by atoms with Crippen molar-refractivity contribution in [2.75, 3.05) is 0 Å². The Morgan fingerprint density at radius 1 is 1.08 bits per heavy atom. The van der Waals surface area contributed by atoms with Gasteiger partial charge in [0, 0.05) is 10.4 Å². The average molecular weight is 179 g/mol. The summed E-state index contributed by atoms with van der Waals surface area (Å²) in [5.74, 6) is 0.273. The summed E-state index contributed by atoms with van der Waals surface area (Å²) in [5.41, 5.74) is 0. The van der Waals surface area contributed by atoms with Crippen LogP contribution in [0.25, 0.3) is 10.8 Å². The summed E-state index contributed by atoms with van der Waals surface area (Å²) in [6.07, 6.45) is 0. The van der Waals surface area contributed by atoms with E-state index in [0.717, 1.165) is 10.8 Å². The van der Waals surface area contributed by atoms with Crippen LogP contribution in [-0.4, -0.2) is 5.11 Å². The Morgan fingerprint density at radius 2 is 1.92 bits per heavy atom. The number of benzene rings is 2. The zero-order valence-electron chi connectivity index (χ0n) is 6.29. The topological polar surface area (TPSA) is 20.2 Å². The average Bonchev–Trinajstić information content (AvgIpc) is 2.07. The number of rotatable bonds is 0. The van der Waals surface area contributed by atoms with Crippen molar-refractivity contribution in [1.82, 2.24) is 0 Å². The lowest BCUT2D eigenvalue weighted by Crippen LogP contribution is -1.72.